The van der Waals surface area contributed by atoms with Gasteiger partial charge in [0.05, 0.1) is 56.2 Å². The zero-order valence-corrected chi connectivity index (χ0v) is 34.1. The number of likely N-dealkylation sites (tertiary alicyclic amines) is 1. The van der Waals surface area contributed by atoms with E-state index >= 15 is 0 Å². The van der Waals surface area contributed by atoms with Crippen LogP contribution in [0.4, 0.5) is 16.2 Å². The Morgan fingerprint density at radius 3 is 2.52 bits per heavy atom. The Kier molecular flexibility index (Phi) is 11.8. The molecule has 0 bridgehead atoms. The van der Waals surface area contributed by atoms with E-state index in [0.717, 1.165) is 78.8 Å². The molecule has 7 rings (SSSR count). The molecule has 2 fully saturated rings. The third-order valence-corrected chi connectivity index (χ3v) is 12.2. The average Bonchev–Trinajstić information content (AvgIpc) is 3.78. The lowest BCUT2D eigenvalue weighted by Crippen LogP contribution is -2.37. The normalized spacial score (nSPS) is 21.8. The van der Waals surface area contributed by atoms with Crippen molar-refractivity contribution >= 4 is 33.1 Å². The van der Waals surface area contributed by atoms with Crippen molar-refractivity contribution in [2.45, 2.75) is 95.6 Å². The zero-order valence-electron chi connectivity index (χ0n) is 33.3. The summed E-state index contributed by atoms with van der Waals surface area (Å²) in [4.78, 5) is 16.2. The Hall–Kier alpha value is -4.44. The van der Waals surface area contributed by atoms with Gasteiger partial charge in [-0.2, -0.15) is 0 Å². The molecule has 2 aromatic heterocycles. The number of methoxy groups -OCH3 is 1. The van der Waals surface area contributed by atoms with Crippen LogP contribution in [-0.2, 0) is 24.9 Å². The van der Waals surface area contributed by atoms with Gasteiger partial charge in [0.25, 0.3) is 0 Å². The number of carbonyl (C=O) groups excluding carboxylic acids is 1. The van der Waals surface area contributed by atoms with E-state index in [2.05, 4.69) is 32.8 Å². The molecular formula is C41H55N7O7S. The van der Waals surface area contributed by atoms with E-state index in [1.54, 1.807) is 0 Å². The van der Waals surface area contributed by atoms with Crippen molar-refractivity contribution in [2.75, 3.05) is 56.3 Å². The molecule has 0 saturated carbocycles. The summed E-state index contributed by atoms with van der Waals surface area (Å²) in [7, 11) is -0.185. The smallest absolute Gasteiger partial charge is 0.319 e. The molecule has 56 heavy (non-hydrogen) atoms. The summed E-state index contributed by atoms with van der Waals surface area (Å²) in [5.74, 6) is 1.88. The lowest BCUT2D eigenvalue weighted by molar-refractivity contribution is -0.160. The van der Waals surface area contributed by atoms with E-state index in [9.17, 15) is 13.2 Å². The standard InChI is InChI=1S/C41H55N7O7S/c1-41(2,3)27-24-32(38(52-5)34(25-27)48(56(6,50)51)21-23-54-37-15-9-10-22-53-37)43-40(49)42-31-17-18-35(30-13-8-7-12-29(30)31)55-28-16-19-36-44-45-39(47(36)26-28)33-14-11-20-46(33)4/h7-8,12-13,16,19,24-26,31,33,35,37H,9-11,14-15,17-18,20-23H2,1-6H3,(H2,42,43,49)/t31-,33?,35+,37?/m0/s1. The number of nitrogens with zero attached hydrogens (tertiary/aromatic N) is 5. The predicted octanol–water partition coefficient (Wildman–Crippen LogP) is 6.89. The fourth-order valence-corrected chi connectivity index (χ4v) is 8.94. The largest absolute Gasteiger partial charge is 0.492 e. The highest BCUT2D eigenvalue weighted by atomic mass is 32.2. The van der Waals surface area contributed by atoms with Gasteiger partial charge in [-0.15, -0.1) is 10.2 Å². The first-order chi connectivity index (χ1) is 26.8. The molecule has 14 nitrogen and oxygen atoms in total. The molecule has 4 aromatic rings. The quantitative estimate of drug-likeness (QED) is 0.156. The van der Waals surface area contributed by atoms with Crippen molar-refractivity contribution in [2.24, 2.45) is 0 Å². The van der Waals surface area contributed by atoms with Crippen LogP contribution >= 0.6 is 0 Å². The van der Waals surface area contributed by atoms with E-state index in [0.29, 0.717) is 30.8 Å². The van der Waals surface area contributed by atoms with Gasteiger partial charge >= 0.3 is 6.03 Å². The van der Waals surface area contributed by atoms with Gasteiger partial charge in [-0.05, 0) is 105 Å². The highest BCUT2D eigenvalue weighted by Gasteiger charge is 2.32. The number of pyridine rings is 1. The Balaban J connectivity index is 1.09. The van der Waals surface area contributed by atoms with Gasteiger partial charge in [-0.25, -0.2) is 13.2 Å². The first kappa shape index (κ1) is 39.8. The maximum absolute atomic E-state index is 13.9. The van der Waals surface area contributed by atoms with Crippen molar-refractivity contribution < 1.29 is 32.2 Å². The predicted molar refractivity (Wildman–Crippen MR) is 215 cm³/mol. The molecule has 1 aliphatic carbocycles. The third-order valence-electron chi connectivity index (χ3n) is 11.0. The van der Waals surface area contributed by atoms with E-state index in [4.69, 9.17) is 18.9 Å². The fourth-order valence-electron chi connectivity index (χ4n) is 8.04. The van der Waals surface area contributed by atoms with Crippen molar-refractivity contribution in [3.8, 4) is 11.5 Å². The summed E-state index contributed by atoms with van der Waals surface area (Å²) in [5, 5.41) is 15.1. The number of fused-ring (bicyclic) bond motifs is 2. The molecular weight excluding hydrogens is 735 g/mol. The average molecular weight is 790 g/mol. The lowest BCUT2D eigenvalue weighted by atomic mass is 9.85. The minimum absolute atomic E-state index is 0.0441. The van der Waals surface area contributed by atoms with Crippen molar-refractivity contribution in [3.63, 3.8) is 0 Å². The van der Waals surface area contributed by atoms with Crippen LogP contribution in [0.1, 0.15) is 106 Å². The minimum Gasteiger partial charge on any atom is -0.492 e. The zero-order chi connectivity index (χ0) is 39.6. The van der Waals surface area contributed by atoms with Crippen molar-refractivity contribution in [1.29, 1.82) is 0 Å². The molecule has 2 amide bonds. The van der Waals surface area contributed by atoms with Crippen LogP contribution in [-0.4, -0.2) is 87.0 Å². The number of carbonyl (C=O) groups is 1. The maximum atomic E-state index is 13.9. The van der Waals surface area contributed by atoms with Crippen LogP contribution in [0.15, 0.2) is 54.7 Å². The molecule has 2 unspecified atom stereocenters. The number of anilines is 2. The van der Waals surface area contributed by atoms with Gasteiger partial charge in [0.2, 0.25) is 10.0 Å². The molecule has 0 spiro atoms. The van der Waals surface area contributed by atoms with Gasteiger partial charge < -0.3 is 29.6 Å². The van der Waals surface area contributed by atoms with E-state index in [-0.39, 0.29) is 48.8 Å². The van der Waals surface area contributed by atoms with Gasteiger partial charge in [0.1, 0.15) is 11.9 Å². The Labute approximate surface area is 329 Å². The molecule has 2 saturated heterocycles. The minimum atomic E-state index is -3.78. The number of rotatable bonds is 12. The molecule has 4 atom stereocenters. The molecule has 2 aliphatic heterocycles. The number of nitrogens with one attached hydrogen (secondary N) is 2. The van der Waals surface area contributed by atoms with Crippen LogP contribution < -0.4 is 24.4 Å². The summed E-state index contributed by atoms with van der Waals surface area (Å²) in [6, 6.07) is 15.0. The SMILES string of the molecule is COc1c(NC(=O)N[C@H]2CC[C@@H](Oc3ccc4nnc(C5CCCN5C)n4c3)c3ccccc32)cc(C(C)(C)C)cc1N(CCOC1CCCCO1)S(C)(=O)=O. The molecule has 2 N–H and O–H groups in total. The number of sulfonamides is 1. The number of amides is 2. The monoisotopic (exact) mass is 789 g/mol. The van der Waals surface area contributed by atoms with Crippen LogP contribution in [0.25, 0.3) is 5.65 Å². The number of aromatic nitrogens is 3. The molecule has 302 valence electrons. The highest BCUT2D eigenvalue weighted by Crippen LogP contribution is 2.43. The van der Waals surface area contributed by atoms with Crippen LogP contribution in [0.5, 0.6) is 11.5 Å². The molecule has 4 heterocycles. The van der Waals surface area contributed by atoms with Gasteiger partial charge in [0.15, 0.2) is 23.5 Å². The number of hydrogen-bond donors (Lipinski definition) is 2. The van der Waals surface area contributed by atoms with Crippen LogP contribution in [0, 0.1) is 0 Å². The van der Waals surface area contributed by atoms with Gasteiger partial charge in [0, 0.05) is 6.61 Å². The number of benzene rings is 2. The molecule has 2 aromatic carbocycles. The first-order valence-electron chi connectivity index (χ1n) is 19.6. The van der Waals surface area contributed by atoms with E-state index in [1.165, 1.54) is 11.4 Å². The summed E-state index contributed by atoms with van der Waals surface area (Å²) in [6.45, 7) is 7.94. The van der Waals surface area contributed by atoms with Crippen molar-refractivity contribution in [1.82, 2.24) is 24.8 Å². The molecule has 0 radical (unpaired) electrons. The Morgan fingerprint density at radius 1 is 1.02 bits per heavy atom. The highest BCUT2D eigenvalue weighted by molar-refractivity contribution is 7.92. The molecule has 15 heteroatoms. The summed E-state index contributed by atoms with van der Waals surface area (Å²) in [5.41, 5.74) is 3.88. The molecule has 3 aliphatic rings. The van der Waals surface area contributed by atoms with Crippen LogP contribution in [0.3, 0.4) is 0 Å². The Bertz CT molecular complexity index is 2130. The second-order valence-corrected chi connectivity index (χ2v) is 18.0. The number of urea groups is 1. The summed E-state index contributed by atoms with van der Waals surface area (Å²) in [6.07, 6.45) is 8.79. The lowest BCUT2D eigenvalue weighted by Gasteiger charge is -2.32. The maximum Gasteiger partial charge on any atom is 0.319 e. The van der Waals surface area contributed by atoms with E-state index in [1.807, 2.05) is 79.9 Å². The Morgan fingerprint density at radius 2 is 1.82 bits per heavy atom. The van der Waals surface area contributed by atoms with Crippen molar-refractivity contribution in [3.05, 3.63) is 77.2 Å². The van der Waals surface area contributed by atoms with Gasteiger partial charge in [-0.3, -0.25) is 13.6 Å². The second kappa shape index (κ2) is 16.6. The first-order valence-corrected chi connectivity index (χ1v) is 21.5. The topological polar surface area (TPSA) is 149 Å². The third kappa shape index (κ3) is 8.75. The second-order valence-electron chi connectivity index (χ2n) is 16.1. The van der Waals surface area contributed by atoms with Gasteiger partial charge in [-0.1, -0.05) is 45.0 Å². The summed E-state index contributed by atoms with van der Waals surface area (Å²) < 4.78 is 54.0. The van der Waals surface area contributed by atoms with Crippen LogP contribution in [0.2, 0.25) is 0 Å². The fraction of sp³-hybridized carbons (Fsp3) is 0.537. The number of ether oxygens (including phenoxy) is 4. The number of hydrogen-bond acceptors (Lipinski definition) is 10. The van der Waals surface area contributed by atoms with E-state index < -0.39 is 16.1 Å². The summed E-state index contributed by atoms with van der Waals surface area (Å²) >= 11 is 0.